The molecule has 4 nitrogen and oxygen atoms in total. The normalized spacial score (nSPS) is 18.8. The smallest absolute Gasteiger partial charge is 0.222 e. The second kappa shape index (κ2) is 8.93. The molecule has 1 heterocycles. The number of ether oxygens (including phenoxy) is 2. The quantitative estimate of drug-likeness (QED) is 0.746. The van der Waals surface area contributed by atoms with E-state index >= 15 is 0 Å². The number of hydrogen-bond acceptors (Lipinski definition) is 3. The lowest BCUT2D eigenvalue weighted by molar-refractivity contribution is -0.123. The molecular formula is C17H23F2NO3. The lowest BCUT2D eigenvalue weighted by Crippen LogP contribution is -2.30. The molecule has 0 radical (unpaired) electrons. The van der Waals surface area contributed by atoms with E-state index in [1.807, 2.05) is 6.92 Å². The maximum Gasteiger partial charge on any atom is 0.222 e. The van der Waals surface area contributed by atoms with Gasteiger partial charge in [0, 0.05) is 18.6 Å². The zero-order valence-electron chi connectivity index (χ0n) is 13.3. The first kappa shape index (κ1) is 17.8. The molecule has 6 heteroatoms. The summed E-state index contributed by atoms with van der Waals surface area (Å²) in [5, 5.41) is 2.72. The molecular weight excluding hydrogens is 304 g/mol. The van der Waals surface area contributed by atoms with Crippen LogP contribution >= 0.6 is 0 Å². The summed E-state index contributed by atoms with van der Waals surface area (Å²) < 4.78 is 37.9. The van der Waals surface area contributed by atoms with E-state index in [4.69, 9.17) is 9.47 Å². The summed E-state index contributed by atoms with van der Waals surface area (Å²) in [6.45, 7) is 3.35. The summed E-state index contributed by atoms with van der Waals surface area (Å²) in [6, 6.07) is 2.71. The molecule has 0 spiro atoms. The van der Waals surface area contributed by atoms with Crippen LogP contribution in [0.5, 0.6) is 0 Å². The number of nitrogens with one attached hydrogen (secondary N) is 1. The monoisotopic (exact) mass is 327 g/mol. The largest absolute Gasteiger partial charge is 0.378 e. The van der Waals surface area contributed by atoms with Crippen molar-refractivity contribution in [1.82, 2.24) is 5.32 Å². The minimum absolute atomic E-state index is 0.128. The topological polar surface area (TPSA) is 47.6 Å². The third-order valence-corrected chi connectivity index (χ3v) is 3.88. The van der Waals surface area contributed by atoms with Gasteiger partial charge < -0.3 is 14.8 Å². The molecule has 1 fully saturated rings. The molecule has 1 aliphatic heterocycles. The molecule has 2 rings (SSSR count). The van der Waals surface area contributed by atoms with Crippen LogP contribution in [0.1, 0.15) is 44.2 Å². The molecule has 0 aliphatic carbocycles. The van der Waals surface area contributed by atoms with Crippen LogP contribution in [0.3, 0.4) is 0 Å². The maximum atomic E-state index is 13.8. The summed E-state index contributed by atoms with van der Waals surface area (Å²) in [7, 11) is 0. The fourth-order valence-corrected chi connectivity index (χ4v) is 2.60. The Hall–Kier alpha value is -1.53. The van der Waals surface area contributed by atoms with E-state index < -0.39 is 17.7 Å². The van der Waals surface area contributed by atoms with E-state index in [0.29, 0.717) is 13.0 Å². The second-order valence-electron chi connectivity index (χ2n) is 5.65. The molecule has 128 valence electrons. The zero-order chi connectivity index (χ0) is 16.7. The van der Waals surface area contributed by atoms with Crippen LogP contribution in [-0.2, 0) is 14.3 Å². The van der Waals surface area contributed by atoms with Crippen molar-refractivity contribution in [2.75, 3.05) is 19.8 Å². The molecule has 1 saturated heterocycles. The molecule has 0 saturated carbocycles. The molecule has 23 heavy (non-hydrogen) atoms. The Labute approximate surface area is 135 Å². The van der Waals surface area contributed by atoms with E-state index in [1.54, 1.807) is 0 Å². The lowest BCUT2D eigenvalue weighted by Gasteiger charge is -2.18. The first-order chi connectivity index (χ1) is 11.1. The fourth-order valence-electron chi connectivity index (χ4n) is 2.60. The molecule has 1 aliphatic rings. The molecule has 2 atom stereocenters. The van der Waals surface area contributed by atoms with Crippen LogP contribution in [0.15, 0.2) is 18.2 Å². The third-order valence-electron chi connectivity index (χ3n) is 3.88. The van der Waals surface area contributed by atoms with E-state index in [0.717, 1.165) is 37.6 Å². The van der Waals surface area contributed by atoms with Crippen LogP contribution < -0.4 is 5.32 Å². The first-order valence-corrected chi connectivity index (χ1v) is 8.03. The number of hydrogen-bond donors (Lipinski definition) is 1. The Balaban J connectivity index is 1.76. The standard InChI is InChI=1S/C17H23F2NO3/c1-2-16(14-10-12(18)5-6-15(14)19)20-17(21)7-9-22-11-13-4-3-8-23-13/h5-6,10,13,16H,2-4,7-9,11H2,1H3,(H,20,21)/t13-,16-/m1/s1. The van der Waals surface area contributed by atoms with Gasteiger partial charge in [-0.1, -0.05) is 6.92 Å². The lowest BCUT2D eigenvalue weighted by atomic mass is 10.0. The molecule has 0 unspecified atom stereocenters. The predicted octanol–water partition coefficient (Wildman–Crippen LogP) is 3.12. The van der Waals surface area contributed by atoms with Crippen molar-refractivity contribution in [3.63, 3.8) is 0 Å². The van der Waals surface area contributed by atoms with Gasteiger partial charge in [-0.2, -0.15) is 0 Å². The van der Waals surface area contributed by atoms with Crippen LogP contribution in [-0.4, -0.2) is 31.8 Å². The van der Waals surface area contributed by atoms with E-state index in [2.05, 4.69) is 5.32 Å². The van der Waals surface area contributed by atoms with Crippen molar-refractivity contribution in [2.24, 2.45) is 0 Å². The van der Waals surface area contributed by atoms with Gasteiger partial charge in [0.2, 0.25) is 5.91 Å². The number of benzene rings is 1. The summed E-state index contributed by atoms with van der Waals surface area (Å²) in [4.78, 5) is 11.9. The maximum absolute atomic E-state index is 13.8. The molecule has 1 N–H and O–H groups in total. The number of amides is 1. The number of carbonyl (C=O) groups is 1. The molecule has 0 aromatic heterocycles. The summed E-state index contributed by atoms with van der Waals surface area (Å²) in [5.74, 6) is -1.28. The van der Waals surface area contributed by atoms with E-state index in [9.17, 15) is 13.6 Å². The van der Waals surface area contributed by atoms with Crippen LogP contribution in [0.25, 0.3) is 0 Å². The minimum atomic E-state index is -0.545. The van der Waals surface area contributed by atoms with Crippen molar-refractivity contribution >= 4 is 5.91 Å². The Morgan fingerprint density at radius 1 is 1.48 bits per heavy atom. The van der Waals surface area contributed by atoms with Crippen molar-refractivity contribution in [1.29, 1.82) is 0 Å². The average molecular weight is 327 g/mol. The van der Waals surface area contributed by atoms with Gasteiger partial charge in [-0.25, -0.2) is 8.78 Å². The van der Waals surface area contributed by atoms with Gasteiger partial charge in [0.25, 0.3) is 0 Å². The van der Waals surface area contributed by atoms with Gasteiger partial charge in [-0.3, -0.25) is 4.79 Å². The summed E-state index contributed by atoms with van der Waals surface area (Å²) in [6.07, 6.45) is 2.82. The van der Waals surface area contributed by atoms with Crippen LogP contribution in [0, 0.1) is 11.6 Å². The molecule has 0 bridgehead atoms. The summed E-state index contributed by atoms with van der Waals surface area (Å²) >= 11 is 0. The Morgan fingerprint density at radius 2 is 2.30 bits per heavy atom. The number of carbonyl (C=O) groups excluding carboxylic acids is 1. The van der Waals surface area contributed by atoms with Gasteiger partial charge in [0.15, 0.2) is 0 Å². The van der Waals surface area contributed by atoms with Gasteiger partial charge in [-0.05, 0) is 37.5 Å². The number of rotatable bonds is 8. The number of halogens is 2. The Bertz CT molecular complexity index is 519. The molecule has 1 amide bonds. The highest BCUT2D eigenvalue weighted by Crippen LogP contribution is 2.21. The fraction of sp³-hybridized carbons (Fsp3) is 0.588. The second-order valence-corrected chi connectivity index (χ2v) is 5.65. The zero-order valence-corrected chi connectivity index (χ0v) is 13.3. The minimum Gasteiger partial charge on any atom is -0.378 e. The van der Waals surface area contributed by atoms with Gasteiger partial charge in [-0.15, -0.1) is 0 Å². The van der Waals surface area contributed by atoms with Crippen molar-refractivity contribution < 1.29 is 23.0 Å². The van der Waals surface area contributed by atoms with Gasteiger partial charge in [0.05, 0.1) is 25.4 Å². The highest BCUT2D eigenvalue weighted by atomic mass is 19.1. The third kappa shape index (κ3) is 5.55. The van der Waals surface area contributed by atoms with Crippen molar-refractivity contribution in [3.8, 4) is 0 Å². The average Bonchev–Trinajstić information content (AvgIpc) is 3.05. The van der Waals surface area contributed by atoms with Gasteiger partial charge >= 0.3 is 0 Å². The van der Waals surface area contributed by atoms with Crippen LogP contribution in [0.4, 0.5) is 8.78 Å². The van der Waals surface area contributed by atoms with Gasteiger partial charge in [0.1, 0.15) is 11.6 Å². The highest BCUT2D eigenvalue weighted by molar-refractivity contribution is 5.76. The molecule has 1 aromatic carbocycles. The van der Waals surface area contributed by atoms with Crippen molar-refractivity contribution in [3.05, 3.63) is 35.4 Å². The summed E-state index contributed by atoms with van der Waals surface area (Å²) in [5.41, 5.74) is 0.168. The SMILES string of the molecule is CC[C@@H](NC(=O)CCOC[C@H]1CCCO1)c1cc(F)ccc1F. The Morgan fingerprint density at radius 3 is 3.00 bits per heavy atom. The molecule has 1 aromatic rings. The Kier molecular flexibility index (Phi) is 6.92. The van der Waals surface area contributed by atoms with Crippen LogP contribution in [0.2, 0.25) is 0 Å². The van der Waals surface area contributed by atoms with Crippen molar-refractivity contribution in [2.45, 2.75) is 44.8 Å². The van der Waals surface area contributed by atoms with E-state index in [1.165, 1.54) is 0 Å². The van der Waals surface area contributed by atoms with E-state index in [-0.39, 0.29) is 30.6 Å². The predicted molar refractivity (Wildman–Crippen MR) is 81.9 cm³/mol. The first-order valence-electron chi connectivity index (χ1n) is 8.03. The highest BCUT2D eigenvalue weighted by Gasteiger charge is 2.18.